The van der Waals surface area contributed by atoms with Crippen LogP contribution in [0, 0.1) is 0 Å². The number of hydrogen-bond acceptors (Lipinski definition) is 2. The minimum absolute atomic E-state index is 0.205. The molecule has 2 aromatic carbocycles. The van der Waals surface area contributed by atoms with Crippen molar-refractivity contribution in [2.45, 2.75) is 11.3 Å². The molecular formula is C28H30N4O2. The van der Waals surface area contributed by atoms with E-state index in [1.54, 1.807) is 43.9 Å². The summed E-state index contributed by atoms with van der Waals surface area (Å²) in [6, 6.07) is 19.0. The topological polar surface area (TPSA) is 47.1 Å². The summed E-state index contributed by atoms with van der Waals surface area (Å²) in [4.78, 5) is 35.4. The molecule has 0 saturated carbocycles. The van der Waals surface area contributed by atoms with E-state index in [2.05, 4.69) is 26.3 Å². The molecule has 6 heteroatoms. The maximum absolute atomic E-state index is 14.2. The minimum atomic E-state index is -1.20. The van der Waals surface area contributed by atoms with Crippen LogP contribution < -0.4 is 0 Å². The minimum Gasteiger partial charge on any atom is -0.289 e. The summed E-state index contributed by atoms with van der Waals surface area (Å²) in [5.74, 6) is 0. The second kappa shape index (κ2) is 9.06. The molecule has 174 valence electrons. The Hall–Kier alpha value is -4.06. The molecule has 2 aliphatic rings. The normalized spacial score (nSPS) is 23.8. The number of carbonyl (C=O) groups excluding carboxylic acids is 2. The fourth-order valence-electron chi connectivity index (χ4n) is 5.61. The van der Waals surface area contributed by atoms with E-state index in [1.165, 1.54) is 0 Å². The van der Waals surface area contributed by atoms with Crippen molar-refractivity contribution in [3.8, 4) is 0 Å². The lowest BCUT2D eigenvalue weighted by Gasteiger charge is -2.50. The van der Waals surface area contributed by atoms with Crippen LogP contribution in [-0.2, 0) is 11.3 Å². The van der Waals surface area contributed by atoms with Gasteiger partial charge in [0.25, 0.3) is 0 Å². The average molecular weight is 455 g/mol. The fraction of sp³-hybridized carbons (Fsp3) is 0.214. The van der Waals surface area contributed by atoms with E-state index in [9.17, 15) is 9.59 Å². The summed E-state index contributed by atoms with van der Waals surface area (Å²) in [7, 11) is 0. The molecule has 0 spiro atoms. The molecule has 2 aliphatic heterocycles. The van der Waals surface area contributed by atoms with E-state index < -0.39 is 11.3 Å². The van der Waals surface area contributed by atoms with Crippen molar-refractivity contribution < 1.29 is 9.59 Å². The first-order chi connectivity index (χ1) is 16.6. The molecule has 0 N–H and O–H groups in total. The van der Waals surface area contributed by atoms with Crippen molar-refractivity contribution in [2.75, 3.05) is 26.2 Å². The summed E-state index contributed by atoms with van der Waals surface area (Å²) in [5.41, 5.74) is -0.749. The smallest absolute Gasteiger partial charge is 0.289 e. The Balaban J connectivity index is 2.24. The second-order valence-corrected chi connectivity index (χ2v) is 8.24. The number of urea groups is 2. The zero-order chi connectivity index (χ0) is 24.3. The predicted octanol–water partition coefficient (Wildman–Crippen LogP) is 4.91. The highest BCUT2D eigenvalue weighted by Gasteiger charge is 2.79. The highest BCUT2D eigenvalue weighted by molar-refractivity contribution is 5.90. The van der Waals surface area contributed by atoms with Crippen LogP contribution in [0.3, 0.4) is 0 Å². The molecule has 2 aromatic rings. The summed E-state index contributed by atoms with van der Waals surface area (Å²) in [6.07, 6.45) is 6.79. The van der Waals surface area contributed by atoms with Gasteiger partial charge in [-0.1, -0.05) is 85.0 Å². The lowest BCUT2D eigenvalue weighted by atomic mass is 9.79. The molecule has 0 aromatic heterocycles. The number of amides is 4. The Morgan fingerprint density at radius 2 is 0.794 bits per heavy atom. The first kappa shape index (κ1) is 23.1. The zero-order valence-electron chi connectivity index (χ0n) is 19.3. The molecule has 0 radical (unpaired) electrons. The number of hydrogen-bond donors (Lipinski definition) is 0. The van der Waals surface area contributed by atoms with Gasteiger partial charge in [0.1, 0.15) is 0 Å². The van der Waals surface area contributed by atoms with Gasteiger partial charge in [0.2, 0.25) is 0 Å². The van der Waals surface area contributed by atoms with E-state index in [0.717, 1.165) is 11.1 Å². The van der Waals surface area contributed by atoms with E-state index in [-0.39, 0.29) is 38.2 Å². The summed E-state index contributed by atoms with van der Waals surface area (Å²) < 4.78 is 0. The number of rotatable bonds is 10. The second-order valence-electron chi connectivity index (χ2n) is 8.24. The number of benzene rings is 2. The van der Waals surface area contributed by atoms with Gasteiger partial charge in [-0.15, -0.1) is 26.3 Å². The van der Waals surface area contributed by atoms with Gasteiger partial charge in [-0.2, -0.15) is 0 Å². The molecule has 0 aliphatic carbocycles. The average Bonchev–Trinajstić information content (AvgIpc) is 3.20. The lowest BCUT2D eigenvalue weighted by Crippen LogP contribution is -2.63. The Morgan fingerprint density at radius 3 is 1.03 bits per heavy atom. The quantitative estimate of drug-likeness (QED) is 0.479. The van der Waals surface area contributed by atoms with Crippen molar-refractivity contribution in [2.24, 2.45) is 0 Å². The van der Waals surface area contributed by atoms with Crippen molar-refractivity contribution in [3.63, 3.8) is 0 Å². The van der Waals surface area contributed by atoms with Gasteiger partial charge in [0.05, 0.1) is 0 Å². The molecule has 2 heterocycles. The highest BCUT2D eigenvalue weighted by atomic mass is 16.2. The third-order valence-corrected chi connectivity index (χ3v) is 6.57. The predicted molar refractivity (Wildman–Crippen MR) is 135 cm³/mol. The summed E-state index contributed by atoms with van der Waals surface area (Å²) in [6.45, 7) is 16.7. The van der Waals surface area contributed by atoms with Crippen molar-refractivity contribution in [3.05, 3.63) is 122 Å². The Bertz CT molecular complexity index is 982. The molecular weight excluding hydrogens is 424 g/mol. The lowest BCUT2D eigenvalue weighted by molar-refractivity contribution is -0.0644. The Kier molecular flexibility index (Phi) is 6.16. The van der Waals surface area contributed by atoms with Crippen LogP contribution in [-0.4, -0.2) is 57.8 Å². The van der Waals surface area contributed by atoms with Gasteiger partial charge in [-0.25, -0.2) is 9.59 Å². The highest BCUT2D eigenvalue weighted by Crippen LogP contribution is 2.62. The summed E-state index contributed by atoms with van der Waals surface area (Å²) >= 11 is 0. The van der Waals surface area contributed by atoms with Gasteiger partial charge >= 0.3 is 12.1 Å². The molecule has 4 rings (SSSR count). The van der Waals surface area contributed by atoms with Crippen molar-refractivity contribution >= 4 is 12.1 Å². The Morgan fingerprint density at radius 1 is 0.529 bits per heavy atom. The van der Waals surface area contributed by atoms with Crippen LogP contribution >= 0.6 is 0 Å². The van der Waals surface area contributed by atoms with Crippen molar-refractivity contribution in [1.82, 2.24) is 19.6 Å². The maximum Gasteiger partial charge on any atom is 0.325 e. The van der Waals surface area contributed by atoms with E-state index in [4.69, 9.17) is 0 Å². The molecule has 4 amide bonds. The largest absolute Gasteiger partial charge is 0.325 e. The van der Waals surface area contributed by atoms with E-state index >= 15 is 0 Å². The van der Waals surface area contributed by atoms with Crippen LogP contribution in [0.5, 0.6) is 0 Å². The molecule has 0 unspecified atom stereocenters. The number of fused-ring (bicyclic) bond motifs is 1. The van der Waals surface area contributed by atoms with Gasteiger partial charge in [0.15, 0.2) is 11.3 Å². The molecule has 6 nitrogen and oxygen atoms in total. The van der Waals surface area contributed by atoms with Crippen LogP contribution in [0.15, 0.2) is 111 Å². The standard InChI is InChI=1S/C28H30N4O2/c1-5-19-29-25(33)30(20-6-2)28(24-17-13-10-14-18-24)27(29,23-15-11-9-12-16-23)31(21-7-3)26(34)32(28)22-8-4/h5-18H,1-4,19-22H2. The van der Waals surface area contributed by atoms with E-state index in [1.807, 2.05) is 60.7 Å². The molecule has 0 atom stereocenters. The monoisotopic (exact) mass is 454 g/mol. The SMILES string of the molecule is C=CCN1C(=O)N(CC=C)C2(c3ccccc3)N(CC=C)C(=O)N(CC=C)C12c1ccccc1. The van der Waals surface area contributed by atoms with Gasteiger partial charge in [-0.05, 0) is 0 Å². The van der Waals surface area contributed by atoms with Crippen LogP contribution in [0.1, 0.15) is 11.1 Å². The van der Waals surface area contributed by atoms with E-state index in [0.29, 0.717) is 0 Å². The molecule has 2 saturated heterocycles. The van der Waals surface area contributed by atoms with Crippen LogP contribution in [0.4, 0.5) is 9.59 Å². The molecule has 2 fully saturated rings. The van der Waals surface area contributed by atoms with Crippen molar-refractivity contribution in [1.29, 1.82) is 0 Å². The third-order valence-electron chi connectivity index (χ3n) is 6.57. The van der Waals surface area contributed by atoms with Gasteiger partial charge in [-0.3, -0.25) is 19.6 Å². The first-order valence-electron chi connectivity index (χ1n) is 11.3. The maximum atomic E-state index is 14.2. The number of nitrogens with zero attached hydrogens (tertiary/aromatic N) is 4. The third kappa shape index (κ3) is 2.81. The molecule has 0 bridgehead atoms. The van der Waals surface area contributed by atoms with Gasteiger partial charge < -0.3 is 0 Å². The Labute approximate surface area is 201 Å². The fourth-order valence-corrected chi connectivity index (χ4v) is 5.61. The zero-order valence-corrected chi connectivity index (χ0v) is 19.3. The van der Waals surface area contributed by atoms with Crippen LogP contribution in [0.2, 0.25) is 0 Å². The first-order valence-corrected chi connectivity index (χ1v) is 11.3. The van der Waals surface area contributed by atoms with Gasteiger partial charge in [0, 0.05) is 37.3 Å². The van der Waals surface area contributed by atoms with Crippen LogP contribution in [0.25, 0.3) is 0 Å². The number of carbonyl (C=O) groups is 2. The molecule has 34 heavy (non-hydrogen) atoms. The summed E-state index contributed by atoms with van der Waals surface area (Å²) in [5, 5.41) is 0.